The fourth-order valence-electron chi connectivity index (χ4n) is 5.05. The van der Waals surface area contributed by atoms with Crippen LogP contribution in [0.3, 0.4) is 0 Å². The highest BCUT2D eigenvalue weighted by molar-refractivity contribution is 6.29. The Morgan fingerprint density at radius 2 is 1.76 bits per heavy atom. The second kappa shape index (κ2) is 9.00. The molecule has 7 N–H and O–H groups in total. The van der Waals surface area contributed by atoms with E-state index >= 15 is 0 Å². The van der Waals surface area contributed by atoms with E-state index in [9.17, 15) is 29.1 Å². The molecular formula is C21H32N6O6. The van der Waals surface area contributed by atoms with Crippen molar-refractivity contribution in [3.63, 3.8) is 0 Å². The Kier molecular flexibility index (Phi) is 6.68. The molecule has 1 atom stereocenters. The second-order valence-electron chi connectivity index (χ2n) is 9.40. The van der Waals surface area contributed by atoms with E-state index < -0.39 is 58.2 Å². The van der Waals surface area contributed by atoms with Gasteiger partial charge in [0.2, 0.25) is 0 Å². The van der Waals surface area contributed by atoms with Gasteiger partial charge in [-0.15, -0.1) is 0 Å². The molecule has 3 aliphatic rings. The van der Waals surface area contributed by atoms with Crippen LogP contribution in [-0.2, 0) is 14.4 Å². The van der Waals surface area contributed by atoms with Crippen LogP contribution in [0.4, 0.5) is 9.59 Å². The Morgan fingerprint density at radius 3 is 2.24 bits per heavy atom. The van der Waals surface area contributed by atoms with Gasteiger partial charge in [-0.1, -0.05) is 13.3 Å². The summed E-state index contributed by atoms with van der Waals surface area (Å²) < 4.78 is 0. The van der Waals surface area contributed by atoms with E-state index in [-0.39, 0.29) is 19.6 Å². The molecule has 1 aliphatic carbocycles. The van der Waals surface area contributed by atoms with Crippen molar-refractivity contribution in [2.75, 3.05) is 13.2 Å². The summed E-state index contributed by atoms with van der Waals surface area (Å²) in [5.74, 6) is -2.48. The second-order valence-corrected chi connectivity index (χ2v) is 9.40. The first-order valence-electron chi connectivity index (χ1n) is 11.2. The van der Waals surface area contributed by atoms with Crippen molar-refractivity contribution >= 4 is 29.8 Å². The van der Waals surface area contributed by atoms with E-state index in [0.29, 0.717) is 32.1 Å². The zero-order chi connectivity index (χ0) is 24.6. The highest BCUT2D eigenvalue weighted by Crippen LogP contribution is 2.44. The van der Waals surface area contributed by atoms with Gasteiger partial charge in [-0.3, -0.25) is 29.5 Å². The molecular weight excluding hydrogens is 432 g/mol. The van der Waals surface area contributed by atoms with Gasteiger partial charge in [0, 0.05) is 19.2 Å². The van der Waals surface area contributed by atoms with E-state index in [0.717, 1.165) is 16.2 Å². The fourth-order valence-corrected chi connectivity index (χ4v) is 5.05. The molecule has 0 aromatic carbocycles. The largest absolute Gasteiger partial charge is 0.396 e. The van der Waals surface area contributed by atoms with Gasteiger partial charge in [0.05, 0.1) is 0 Å². The highest BCUT2D eigenvalue weighted by atomic mass is 16.3. The van der Waals surface area contributed by atoms with Crippen molar-refractivity contribution in [2.24, 2.45) is 16.9 Å². The molecule has 0 aromatic heterocycles. The summed E-state index contributed by atoms with van der Waals surface area (Å²) in [5.41, 5.74) is 9.00. The zero-order valence-corrected chi connectivity index (χ0v) is 19.0. The number of urea groups is 2. The smallest absolute Gasteiger partial charge is 0.334 e. The average Bonchev–Trinajstić information content (AvgIpc) is 2.99. The topological polar surface area (TPSA) is 188 Å². The summed E-state index contributed by atoms with van der Waals surface area (Å²) in [6, 6.07) is -1.79. The number of amides is 7. The molecule has 1 saturated carbocycles. The monoisotopic (exact) mass is 464 g/mol. The first kappa shape index (κ1) is 24.5. The summed E-state index contributed by atoms with van der Waals surface area (Å²) in [6.07, 6.45) is 3.06. The van der Waals surface area contributed by atoms with Crippen LogP contribution in [0.2, 0.25) is 0 Å². The lowest BCUT2D eigenvalue weighted by Gasteiger charge is -2.46. The van der Waals surface area contributed by atoms with Gasteiger partial charge in [0.15, 0.2) is 0 Å². The third-order valence-corrected chi connectivity index (χ3v) is 6.92. The lowest BCUT2D eigenvalue weighted by molar-refractivity contribution is -0.138. The summed E-state index contributed by atoms with van der Waals surface area (Å²) in [4.78, 5) is 64.8. The Labute approximate surface area is 191 Å². The number of imide groups is 3. The predicted molar refractivity (Wildman–Crippen MR) is 116 cm³/mol. The number of hydrogen-bond acceptors (Lipinski definition) is 8. The average molecular weight is 465 g/mol. The molecule has 3 fully saturated rings. The molecule has 12 nitrogen and oxygen atoms in total. The number of nitrogens with zero attached hydrogens (tertiary/aromatic N) is 2. The third kappa shape index (κ3) is 4.39. The first-order chi connectivity index (χ1) is 15.5. The Balaban J connectivity index is 1.80. The van der Waals surface area contributed by atoms with Crippen LogP contribution in [0.5, 0.6) is 0 Å². The highest BCUT2D eigenvalue weighted by Gasteiger charge is 2.51. The number of nitrogens with one attached hydrogen (secondary N) is 2. The molecule has 12 heteroatoms. The first-order valence-corrected chi connectivity index (χ1v) is 11.2. The molecule has 0 radical (unpaired) electrons. The molecule has 2 heterocycles. The van der Waals surface area contributed by atoms with Crippen LogP contribution in [0.1, 0.15) is 58.8 Å². The van der Waals surface area contributed by atoms with Crippen LogP contribution in [-0.4, -0.2) is 69.4 Å². The number of unbranched alkanes of at least 4 members (excludes halogenated alkanes) is 1. The predicted octanol–water partition coefficient (Wildman–Crippen LogP) is -0.384. The van der Waals surface area contributed by atoms with Gasteiger partial charge in [-0.25, -0.2) is 9.59 Å². The van der Waals surface area contributed by atoms with Crippen LogP contribution < -0.4 is 22.1 Å². The lowest BCUT2D eigenvalue weighted by Crippen LogP contribution is -2.61. The Hall–Kier alpha value is -3.15. The van der Waals surface area contributed by atoms with Gasteiger partial charge < -0.3 is 21.9 Å². The van der Waals surface area contributed by atoms with Crippen LogP contribution >= 0.6 is 0 Å². The molecule has 7 amide bonds. The van der Waals surface area contributed by atoms with Crippen LogP contribution in [0.25, 0.3) is 0 Å². The van der Waals surface area contributed by atoms with Crippen molar-refractivity contribution in [3.8, 4) is 0 Å². The van der Waals surface area contributed by atoms with Crippen LogP contribution in [0, 0.1) is 5.41 Å². The summed E-state index contributed by atoms with van der Waals surface area (Å²) in [6.45, 7) is 3.45. The number of aliphatic hydroxyl groups excluding tert-OH is 1. The number of rotatable bonds is 7. The van der Waals surface area contributed by atoms with Crippen LogP contribution in [0.15, 0.2) is 11.4 Å². The molecule has 0 aromatic rings. The normalized spacial score (nSPS) is 30.6. The maximum Gasteiger partial charge on any atom is 0.334 e. The number of barbiturate groups is 1. The Morgan fingerprint density at radius 1 is 1.12 bits per heavy atom. The van der Waals surface area contributed by atoms with Gasteiger partial charge in [-0.05, 0) is 50.9 Å². The molecule has 3 rings (SSSR count). The molecule has 0 spiro atoms. The maximum atomic E-state index is 13.1. The molecule has 182 valence electrons. The summed E-state index contributed by atoms with van der Waals surface area (Å²) in [5, 5.41) is 15.0. The summed E-state index contributed by atoms with van der Waals surface area (Å²) >= 11 is 0. The zero-order valence-electron chi connectivity index (χ0n) is 19.0. The van der Waals surface area contributed by atoms with Gasteiger partial charge in [0.1, 0.15) is 16.9 Å². The minimum atomic E-state index is -1.16. The van der Waals surface area contributed by atoms with Crippen molar-refractivity contribution in [1.29, 1.82) is 0 Å². The fraction of sp³-hybridized carbons (Fsp3) is 0.667. The van der Waals surface area contributed by atoms with Crippen molar-refractivity contribution < 1.29 is 29.1 Å². The molecule has 0 bridgehead atoms. The molecule has 33 heavy (non-hydrogen) atoms. The van der Waals surface area contributed by atoms with E-state index in [4.69, 9.17) is 11.5 Å². The number of carbonyl (C=O) groups is 5. The SMILES string of the molecule is CCCCN1C(=O)C(=C(N)N)C(=O)N(C2CCC(CO)(C[C@]3(C)NC(=O)NC3=O)CC2)C1=O. The van der Waals surface area contributed by atoms with Crippen molar-refractivity contribution in [2.45, 2.75) is 70.4 Å². The van der Waals surface area contributed by atoms with Gasteiger partial charge >= 0.3 is 12.1 Å². The van der Waals surface area contributed by atoms with E-state index in [2.05, 4.69) is 10.6 Å². The number of aliphatic hydroxyl groups is 1. The van der Waals surface area contributed by atoms with Crippen molar-refractivity contribution in [3.05, 3.63) is 11.4 Å². The molecule has 2 aliphatic heterocycles. The summed E-state index contributed by atoms with van der Waals surface area (Å²) in [7, 11) is 0. The number of hydrogen-bond donors (Lipinski definition) is 5. The van der Waals surface area contributed by atoms with Crippen molar-refractivity contribution in [1.82, 2.24) is 20.4 Å². The standard InChI is InChI=1S/C21H32N6O6/c1-3-4-9-26-15(29)13(14(22)23)16(30)27(19(26)33)12-5-7-21(11-28,8-6-12)10-20(2)17(31)24-18(32)25-20/h12,28H,3-11,22-23H2,1-2H3,(H2,24,25,31,32)/t12?,20-,21?/m0/s1. The lowest BCUT2D eigenvalue weighted by atomic mass is 9.66. The van der Waals surface area contributed by atoms with E-state index in [1.54, 1.807) is 6.92 Å². The molecule has 2 saturated heterocycles. The number of nitrogens with two attached hydrogens (primary N) is 2. The Bertz CT molecular complexity index is 905. The maximum absolute atomic E-state index is 13.1. The number of carbonyl (C=O) groups excluding carboxylic acids is 5. The minimum absolute atomic E-state index is 0.148. The van der Waals surface area contributed by atoms with E-state index in [1.165, 1.54) is 0 Å². The van der Waals surface area contributed by atoms with Gasteiger partial charge in [-0.2, -0.15) is 0 Å². The van der Waals surface area contributed by atoms with E-state index in [1.807, 2.05) is 6.92 Å². The van der Waals surface area contributed by atoms with Gasteiger partial charge in [0.25, 0.3) is 17.7 Å². The quantitative estimate of drug-likeness (QED) is 0.191. The molecule has 0 unspecified atom stereocenters. The minimum Gasteiger partial charge on any atom is -0.396 e. The third-order valence-electron chi connectivity index (χ3n) is 6.92.